The highest BCUT2D eigenvalue weighted by Crippen LogP contribution is 2.17. The Labute approximate surface area is 116 Å². The molecule has 19 heavy (non-hydrogen) atoms. The van der Waals surface area contributed by atoms with Crippen LogP contribution in [-0.4, -0.2) is 32.7 Å². The lowest BCUT2D eigenvalue weighted by Crippen LogP contribution is -2.13. The summed E-state index contributed by atoms with van der Waals surface area (Å²) < 4.78 is 0. The summed E-state index contributed by atoms with van der Waals surface area (Å²) in [6.45, 7) is 0. The number of aromatic nitrogens is 2. The second-order valence-electron chi connectivity index (χ2n) is 3.36. The number of rotatable bonds is 5. The lowest BCUT2D eigenvalue weighted by atomic mass is 10.3. The fraction of sp³-hybridized carbons (Fsp3) is 0.0909. The van der Waals surface area contributed by atoms with Gasteiger partial charge >= 0.3 is 5.97 Å². The molecule has 2 aromatic heterocycles. The molecule has 6 nitrogen and oxygen atoms in total. The van der Waals surface area contributed by atoms with Crippen LogP contribution in [0.2, 0.25) is 0 Å². The Hall–Kier alpha value is -1.93. The Morgan fingerprint density at radius 3 is 2.89 bits per heavy atom. The summed E-state index contributed by atoms with van der Waals surface area (Å²) in [6, 6.07) is 2.84. The van der Waals surface area contributed by atoms with E-state index in [4.69, 9.17) is 5.11 Å². The molecular weight excluding hydrogens is 286 g/mol. The predicted molar refractivity (Wildman–Crippen MR) is 72.7 cm³/mol. The van der Waals surface area contributed by atoms with E-state index in [1.54, 1.807) is 11.6 Å². The minimum Gasteiger partial charge on any atom is -0.478 e. The molecule has 0 spiro atoms. The summed E-state index contributed by atoms with van der Waals surface area (Å²) in [5.74, 6) is -1.07. The lowest BCUT2D eigenvalue weighted by Gasteiger charge is -2.02. The van der Waals surface area contributed by atoms with Gasteiger partial charge in [0.25, 0.3) is 0 Å². The largest absolute Gasteiger partial charge is 0.478 e. The summed E-state index contributed by atoms with van der Waals surface area (Å²) >= 11 is 2.51. The van der Waals surface area contributed by atoms with Crippen molar-refractivity contribution >= 4 is 40.1 Å². The molecule has 0 radical (unpaired) electrons. The van der Waals surface area contributed by atoms with Crippen LogP contribution in [0.15, 0.2) is 34.9 Å². The first-order valence-corrected chi connectivity index (χ1v) is 7.03. The quantitative estimate of drug-likeness (QED) is 0.819. The van der Waals surface area contributed by atoms with Crippen molar-refractivity contribution in [2.45, 2.75) is 5.03 Å². The molecule has 2 N–H and O–H groups in total. The highest BCUT2D eigenvalue weighted by Gasteiger charge is 2.08. The Kier molecular flexibility index (Phi) is 4.48. The Bertz CT molecular complexity index is 587. The number of hydrogen-bond donors (Lipinski definition) is 2. The monoisotopic (exact) mass is 295 g/mol. The Morgan fingerprint density at radius 1 is 1.37 bits per heavy atom. The summed E-state index contributed by atoms with van der Waals surface area (Å²) in [5.41, 5.74) is 0.151. The van der Waals surface area contributed by atoms with E-state index in [0.717, 1.165) is 0 Å². The number of carbonyl (C=O) groups is 2. The molecule has 0 aliphatic carbocycles. The van der Waals surface area contributed by atoms with E-state index in [-0.39, 0.29) is 17.2 Å². The van der Waals surface area contributed by atoms with Crippen LogP contribution in [0.25, 0.3) is 0 Å². The number of carboxylic acids is 1. The van der Waals surface area contributed by atoms with E-state index in [9.17, 15) is 9.59 Å². The smallest absolute Gasteiger partial charge is 0.335 e. The number of amides is 1. The Morgan fingerprint density at radius 2 is 2.21 bits per heavy atom. The van der Waals surface area contributed by atoms with Crippen molar-refractivity contribution in [1.82, 2.24) is 9.97 Å². The van der Waals surface area contributed by atoms with Crippen molar-refractivity contribution in [3.05, 3.63) is 35.5 Å². The number of anilines is 1. The minimum absolute atomic E-state index is 0.148. The first-order valence-electron chi connectivity index (χ1n) is 5.16. The Balaban J connectivity index is 1.89. The van der Waals surface area contributed by atoms with E-state index in [2.05, 4.69) is 15.3 Å². The molecule has 0 fully saturated rings. The molecule has 2 heterocycles. The molecule has 2 rings (SSSR count). The molecule has 0 saturated heterocycles. The summed E-state index contributed by atoms with van der Waals surface area (Å²) in [6.07, 6.45) is 3.01. The fourth-order valence-corrected chi connectivity index (χ4v) is 2.44. The first kappa shape index (κ1) is 13.5. The molecule has 0 unspecified atom stereocenters. The van der Waals surface area contributed by atoms with Gasteiger partial charge < -0.3 is 10.4 Å². The average Bonchev–Trinajstić information content (AvgIpc) is 2.89. The highest BCUT2D eigenvalue weighted by atomic mass is 32.2. The van der Waals surface area contributed by atoms with Gasteiger partial charge in [0, 0.05) is 17.8 Å². The molecule has 98 valence electrons. The molecule has 0 aliphatic heterocycles. The SMILES string of the molecule is O=C(CSc1cc(C(=O)O)ccn1)Nc1nccs1. The third-order valence-electron chi connectivity index (χ3n) is 2.01. The van der Waals surface area contributed by atoms with E-state index >= 15 is 0 Å². The third-order valence-corrected chi connectivity index (χ3v) is 3.63. The van der Waals surface area contributed by atoms with Crippen molar-refractivity contribution in [2.75, 3.05) is 11.1 Å². The highest BCUT2D eigenvalue weighted by molar-refractivity contribution is 7.99. The zero-order valence-electron chi connectivity index (χ0n) is 9.57. The number of pyridine rings is 1. The lowest BCUT2D eigenvalue weighted by molar-refractivity contribution is -0.113. The predicted octanol–water partition coefficient (Wildman–Crippen LogP) is 1.97. The van der Waals surface area contributed by atoms with Crippen molar-refractivity contribution in [3.63, 3.8) is 0 Å². The molecule has 0 atom stereocenters. The van der Waals surface area contributed by atoms with Gasteiger partial charge in [0.2, 0.25) is 5.91 Å². The maximum absolute atomic E-state index is 11.6. The van der Waals surface area contributed by atoms with Crippen LogP contribution >= 0.6 is 23.1 Å². The molecule has 0 aliphatic rings. The minimum atomic E-state index is -1.02. The summed E-state index contributed by atoms with van der Waals surface area (Å²) in [4.78, 5) is 30.3. The number of nitrogens with one attached hydrogen (secondary N) is 1. The summed E-state index contributed by atoms with van der Waals surface area (Å²) in [5, 5.41) is 14.3. The van der Waals surface area contributed by atoms with E-state index < -0.39 is 5.97 Å². The number of aromatic carboxylic acids is 1. The van der Waals surface area contributed by atoms with Crippen LogP contribution in [0.3, 0.4) is 0 Å². The van der Waals surface area contributed by atoms with Crippen LogP contribution in [0.1, 0.15) is 10.4 Å². The molecule has 0 bridgehead atoms. The van der Waals surface area contributed by atoms with Gasteiger partial charge in [0.05, 0.1) is 16.3 Å². The summed E-state index contributed by atoms with van der Waals surface area (Å²) in [7, 11) is 0. The number of nitrogens with zero attached hydrogens (tertiary/aromatic N) is 2. The van der Waals surface area contributed by atoms with Gasteiger partial charge in [-0.2, -0.15) is 0 Å². The fourth-order valence-electron chi connectivity index (χ4n) is 1.20. The average molecular weight is 295 g/mol. The zero-order chi connectivity index (χ0) is 13.7. The molecule has 0 aromatic carbocycles. The molecule has 1 amide bonds. The van der Waals surface area contributed by atoms with Crippen molar-refractivity contribution in [2.24, 2.45) is 0 Å². The topological polar surface area (TPSA) is 92.2 Å². The van der Waals surface area contributed by atoms with Crippen molar-refractivity contribution in [3.8, 4) is 0 Å². The van der Waals surface area contributed by atoms with Gasteiger partial charge in [-0.15, -0.1) is 11.3 Å². The normalized spacial score (nSPS) is 10.1. The van der Waals surface area contributed by atoms with E-state index in [1.165, 1.54) is 41.4 Å². The number of thioether (sulfide) groups is 1. The molecule has 8 heteroatoms. The maximum Gasteiger partial charge on any atom is 0.335 e. The van der Waals surface area contributed by atoms with Gasteiger partial charge in [-0.1, -0.05) is 11.8 Å². The van der Waals surface area contributed by atoms with Crippen LogP contribution < -0.4 is 5.32 Å². The van der Waals surface area contributed by atoms with Gasteiger partial charge in [-0.25, -0.2) is 14.8 Å². The molecule has 2 aromatic rings. The van der Waals surface area contributed by atoms with Gasteiger partial charge in [-0.05, 0) is 12.1 Å². The second-order valence-corrected chi connectivity index (χ2v) is 5.25. The van der Waals surface area contributed by atoms with Crippen molar-refractivity contribution < 1.29 is 14.7 Å². The number of carbonyl (C=O) groups excluding carboxylic acids is 1. The van der Waals surface area contributed by atoms with Gasteiger partial charge in [0.15, 0.2) is 5.13 Å². The van der Waals surface area contributed by atoms with Gasteiger partial charge in [-0.3, -0.25) is 4.79 Å². The third kappa shape index (κ3) is 4.04. The number of carboxylic acid groups (broad SMARTS) is 1. The number of hydrogen-bond acceptors (Lipinski definition) is 6. The molecular formula is C11H9N3O3S2. The second kappa shape index (κ2) is 6.30. The van der Waals surface area contributed by atoms with Gasteiger partial charge in [0.1, 0.15) is 0 Å². The zero-order valence-corrected chi connectivity index (χ0v) is 11.2. The maximum atomic E-state index is 11.6. The van der Waals surface area contributed by atoms with Crippen LogP contribution in [0, 0.1) is 0 Å². The standard InChI is InChI=1S/C11H9N3O3S2/c15-8(14-11-13-3-4-18-11)6-19-9-5-7(10(16)17)1-2-12-9/h1-5H,6H2,(H,16,17)(H,13,14,15). The van der Waals surface area contributed by atoms with E-state index in [1.807, 2.05) is 0 Å². The number of thiazole rings is 1. The van der Waals surface area contributed by atoms with E-state index in [0.29, 0.717) is 10.2 Å². The van der Waals surface area contributed by atoms with Crippen LogP contribution in [0.5, 0.6) is 0 Å². The molecule has 0 saturated carbocycles. The first-order chi connectivity index (χ1) is 9.15. The van der Waals surface area contributed by atoms with Crippen LogP contribution in [0.4, 0.5) is 5.13 Å². The van der Waals surface area contributed by atoms with Crippen molar-refractivity contribution in [1.29, 1.82) is 0 Å². The van der Waals surface area contributed by atoms with Crippen LogP contribution in [-0.2, 0) is 4.79 Å².